The maximum absolute atomic E-state index is 13.5. The SMILES string of the molecule is CCOC(=O)C1=C(C)N=c2s/c(=C\c3cc(I)c(OC)c(I)c3)c(=O)n2[C@H]1c1cccs1. The van der Waals surface area contributed by atoms with Crippen LogP contribution >= 0.6 is 67.9 Å². The number of aromatic nitrogens is 1. The van der Waals surface area contributed by atoms with Crippen LogP contribution in [0.25, 0.3) is 6.08 Å². The summed E-state index contributed by atoms with van der Waals surface area (Å²) < 4.78 is 14.8. The van der Waals surface area contributed by atoms with Crippen molar-refractivity contribution in [3.8, 4) is 5.75 Å². The number of ether oxygens (including phenoxy) is 2. The third kappa shape index (κ3) is 4.33. The van der Waals surface area contributed by atoms with Gasteiger partial charge in [-0.1, -0.05) is 17.4 Å². The normalized spacial score (nSPS) is 16.0. The molecule has 166 valence electrons. The number of carbonyl (C=O) groups excluding carboxylic acids is 1. The molecule has 4 rings (SSSR count). The monoisotopic (exact) mass is 692 g/mol. The Morgan fingerprint density at radius 1 is 1.31 bits per heavy atom. The van der Waals surface area contributed by atoms with E-state index in [4.69, 9.17) is 9.47 Å². The average molecular weight is 692 g/mol. The van der Waals surface area contributed by atoms with Gasteiger partial charge in [0.2, 0.25) is 0 Å². The molecule has 3 heterocycles. The first kappa shape index (κ1) is 23.6. The highest BCUT2D eigenvalue weighted by atomic mass is 127. The Hall–Kier alpha value is -1.51. The largest absolute Gasteiger partial charge is 0.495 e. The second-order valence-electron chi connectivity index (χ2n) is 6.84. The van der Waals surface area contributed by atoms with E-state index in [0.717, 1.165) is 23.3 Å². The van der Waals surface area contributed by atoms with E-state index in [9.17, 15) is 9.59 Å². The van der Waals surface area contributed by atoms with Gasteiger partial charge < -0.3 is 9.47 Å². The van der Waals surface area contributed by atoms with Crippen LogP contribution < -0.4 is 19.6 Å². The van der Waals surface area contributed by atoms with Crippen molar-refractivity contribution in [3.05, 3.63) is 78.2 Å². The summed E-state index contributed by atoms with van der Waals surface area (Å²) in [6.45, 7) is 3.81. The fourth-order valence-electron chi connectivity index (χ4n) is 3.52. The number of hydrogen-bond acceptors (Lipinski definition) is 7. The van der Waals surface area contributed by atoms with Crippen molar-refractivity contribution < 1.29 is 14.3 Å². The van der Waals surface area contributed by atoms with Crippen LogP contribution in [0, 0.1) is 7.14 Å². The zero-order chi connectivity index (χ0) is 23.0. The first-order valence-corrected chi connectivity index (χ1v) is 13.5. The Kier molecular flexibility index (Phi) is 7.22. The minimum absolute atomic E-state index is 0.178. The van der Waals surface area contributed by atoms with E-state index < -0.39 is 12.0 Å². The molecule has 3 aromatic rings. The number of benzene rings is 1. The van der Waals surface area contributed by atoms with Crippen molar-refractivity contribution in [2.45, 2.75) is 19.9 Å². The Balaban J connectivity index is 1.92. The van der Waals surface area contributed by atoms with Crippen LogP contribution in [-0.2, 0) is 9.53 Å². The average Bonchev–Trinajstić information content (AvgIpc) is 3.36. The Bertz CT molecular complexity index is 1380. The second-order valence-corrected chi connectivity index (χ2v) is 11.1. The van der Waals surface area contributed by atoms with Crippen molar-refractivity contribution in [3.63, 3.8) is 0 Å². The van der Waals surface area contributed by atoms with Crippen LogP contribution in [0.1, 0.15) is 30.3 Å². The zero-order valence-electron chi connectivity index (χ0n) is 17.3. The Morgan fingerprint density at radius 2 is 2.03 bits per heavy atom. The number of nitrogens with zero attached hydrogens (tertiary/aromatic N) is 2. The summed E-state index contributed by atoms with van der Waals surface area (Å²) >= 11 is 7.27. The molecule has 0 fully saturated rings. The summed E-state index contributed by atoms with van der Waals surface area (Å²) in [5, 5.41) is 1.94. The molecule has 0 bridgehead atoms. The van der Waals surface area contributed by atoms with Crippen LogP contribution in [-0.4, -0.2) is 24.3 Å². The molecule has 0 unspecified atom stereocenters. The molecule has 32 heavy (non-hydrogen) atoms. The van der Waals surface area contributed by atoms with Crippen LogP contribution in [0.15, 0.2) is 50.7 Å². The fraction of sp³-hybridized carbons (Fsp3) is 0.227. The molecule has 0 amide bonds. The Labute approximate surface area is 219 Å². The summed E-state index contributed by atoms with van der Waals surface area (Å²) in [6, 6.07) is 7.24. The number of esters is 1. The number of rotatable bonds is 5. The Morgan fingerprint density at radius 3 is 2.62 bits per heavy atom. The van der Waals surface area contributed by atoms with Crippen molar-refractivity contribution in [1.29, 1.82) is 0 Å². The lowest BCUT2D eigenvalue weighted by atomic mass is 10.0. The van der Waals surface area contributed by atoms with Gasteiger partial charge in [-0.25, -0.2) is 9.79 Å². The van der Waals surface area contributed by atoms with Gasteiger partial charge in [0.25, 0.3) is 5.56 Å². The van der Waals surface area contributed by atoms with Gasteiger partial charge in [0.15, 0.2) is 4.80 Å². The van der Waals surface area contributed by atoms with Crippen LogP contribution in [0.2, 0.25) is 0 Å². The second kappa shape index (κ2) is 9.77. The predicted molar refractivity (Wildman–Crippen MR) is 143 cm³/mol. The topological polar surface area (TPSA) is 69.9 Å². The molecule has 1 aliphatic rings. The predicted octanol–water partition coefficient (Wildman–Crippen LogP) is 4.08. The number of carbonyl (C=O) groups is 1. The fourth-order valence-corrected chi connectivity index (χ4v) is 7.64. The molecule has 0 aliphatic carbocycles. The molecule has 0 spiro atoms. The molecule has 0 N–H and O–H groups in total. The van der Waals surface area contributed by atoms with E-state index >= 15 is 0 Å². The molecule has 0 saturated heterocycles. The summed E-state index contributed by atoms with van der Waals surface area (Å²) in [6.07, 6.45) is 1.86. The van der Waals surface area contributed by atoms with Gasteiger partial charge in [-0.05, 0) is 94.2 Å². The first-order chi connectivity index (χ1) is 15.3. The molecule has 10 heteroatoms. The summed E-state index contributed by atoms with van der Waals surface area (Å²) in [7, 11) is 1.64. The molecule has 0 radical (unpaired) electrons. The summed E-state index contributed by atoms with van der Waals surface area (Å²) in [5.41, 5.74) is 1.70. The summed E-state index contributed by atoms with van der Waals surface area (Å²) in [5.74, 6) is 0.373. The van der Waals surface area contributed by atoms with Crippen LogP contribution in [0.5, 0.6) is 5.75 Å². The van der Waals surface area contributed by atoms with E-state index in [1.54, 1.807) is 25.5 Å². The van der Waals surface area contributed by atoms with Crippen LogP contribution in [0.3, 0.4) is 0 Å². The number of thiophene rings is 1. The highest BCUT2D eigenvalue weighted by Crippen LogP contribution is 2.33. The van der Waals surface area contributed by atoms with Crippen molar-refractivity contribution in [1.82, 2.24) is 4.57 Å². The molecule has 2 aromatic heterocycles. The molecular weight excluding hydrogens is 674 g/mol. The minimum atomic E-state index is -0.552. The van der Waals surface area contributed by atoms with Crippen molar-refractivity contribution in [2.75, 3.05) is 13.7 Å². The molecule has 0 saturated carbocycles. The molecule has 1 atom stereocenters. The van der Waals surface area contributed by atoms with Gasteiger partial charge in [0.05, 0.1) is 36.7 Å². The molecule has 6 nitrogen and oxygen atoms in total. The molecule has 1 aromatic carbocycles. The van der Waals surface area contributed by atoms with E-state index in [-0.39, 0.29) is 12.2 Å². The standard InChI is InChI=1S/C22H18I2N2O4S2/c1-4-30-21(28)17-11(2)25-22-26(18(17)15-6-5-7-31-15)20(27)16(32-22)10-12-8-13(23)19(29-3)14(24)9-12/h5-10,18H,4H2,1-3H3/b16-10-/t18-/m0/s1. The molecule has 1 aliphatic heterocycles. The summed E-state index contributed by atoms with van der Waals surface area (Å²) in [4.78, 5) is 32.4. The maximum atomic E-state index is 13.5. The maximum Gasteiger partial charge on any atom is 0.338 e. The van der Waals surface area contributed by atoms with Gasteiger partial charge in [0.1, 0.15) is 11.8 Å². The number of thiazole rings is 1. The number of fused-ring (bicyclic) bond motifs is 1. The lowest BCUT2D eigenvalue weighted by molar-refractivity contribution is -0.139. The lowest BCUT2D eigenvalue weighted by Crippen LogP contribution is -2.39. The van der Waals surface area contributed by atoms with Gasteiger partial charge in [0, 0.05) is 4.88 Å². The van der Waals surface area contributed by atoms with E-state index in [0.29, 0.717) is 20.6 Å². The number of methoxy groups -OCH3 is 1. The third-order valence-electron chi connectivity index (χ3n) is 4.85. The number of allylic oxidation sites excluding steroid dienone is 1. The van der Waals surface area contributed by atoms with Crippen LogP contribution in [0.4, 0.5) is 0 Å². The number of hydrogen-bond donors (Lipinski definition) is 0. The minimum Gasteiger partial charge on any atom is -0.495 e. The smallest absolute Gasteiger partial charge is 0.338 e. The van der Waals surface area contributed by atoms with E-state index in [2.05, 4.69) is 50.2 Å². The number of halogens is 2. The van der Waals surface area contributed by atoms with Gasteiger partial charge >= 0.3 is 5.97 Å². The quantitative estimate of drug-likeness (QED) is 0.299. The van der Waals surface area contributed by atoms with E-state index in [1.807, 2.05) is 35.7 Å². The highest BCUT2D eigenvalue weighted by Gasteiger charge is 2.33. The lowest BCUT2D eigenvalue weighted by Gasteiger charge is -2.23. The van der Waals surface area contributed by atoms with Gasteiger partial charge in [-0.2, -0.15) is 0 Å². The third-order valence-corrected chi connectivity index (χ3v) is 8.36. The van der Waals surface area contributed by atoms with Gasteiger partial charge in [-0.15, -0.1) is 11.3 Å². The van der Waals surface area contributed by atoms with Crippen molar-refractivity contribution in [2.24, 2.45) is 4.99 Å². The highest BCUT2D eigenvalue weighted by molar-refractivity contribution is 14.1. The zero-order valence-corrected chi connectivity index (χ0v) is 23.3. The first-order valence-electron chi connectivity index (χ1n) is 9.61. The van der Waals surface area contributed by atoms with Crippen molar-refractivity contribution >= 4 is 79.9 Å². The molecular formula is C22H18I2N2O4S2. The van der Waals surface area contributed by atoms with Gasteiger partial charge in [-0.3, -0.25) is 9.36 Å². The van der Waals surface area contributed by atoms with E-state index in [1.165, 1.54) is 22.7 Å².